The molecule has 84 valence electrons. The molecule has 1 rings (SSSR count). The second kappa shape index (κ2) is 5.77. The highest BCUT2D eigenvalue weighted by Gasteiger charge is 2.28. The molecule has 0 aromatic rings. The Morgan fingerprint density at radius 1 is 1.67 bits per heavy atom. The molecule has 0 aromatic carbocycles. The van der Waals surface area contributed by atoms with E-state index in [4.69, 9.17) is 11.2 Å². The fourth-order valence-electron chi connectivity index (χ4n) is 1.73. The van der Waals surface area contributed by atoms with Crippen molar-refractivity contribution in [1.29, 1.82) is 0 Å². The number of hydrogen-bond acceptors (Lipinski definition) is 2. The lowest BCUT2D eigenvalue weighted by Crippen LogP contribution is -2.41. The van der Waals surface area contributed by atoms with Crippen molar-refractivity contribution in [3.63, 3.8) is 0 Å². The zero-order valence-electron chi connectivity index (χ0n) is 9.45. The highest BCUT2D eigenvalue weighted by Crippen LogP contribution is 2.19. The van der Waals surface area contributed by atoms with Gasteiger partial charge in [0.15, 0.2) is 0 Å². The van der Waals surface area contributed by atoms with Gasteiger partial charge in [-0.2, -0.15) is 0 Å². The lowest BCUT2D eigenvalue weighted by Gasteiger charge is -2.17. The van der Waals surface area contributed by atoms with Gasteiger partial charge in [0.2, 0.25) is 5.91 Å². The predicted molar refractivity (Wildman–Crippen MR) is 59.2 cm³/mol. The number of amides is 1. The van der Waals surface area contributed by atoms with Crippen LogP contribution in [0.15, 0.2) is 0 Å². The molecule has 0 spiro atoms. The van der Waals surface area contributed by atoms with Gasteiger partial charge in [0.1, 0.15) is 6.10 Å². The van der Waals surface area contributed by atoms with Gasteiger partial charge in [-0.15, -0.1) is 12.3 Å². The van der Waals surface area contributed by atoms with E-state index in [9.17, 15) is 4.79 Å². The summed E-state index contributed by atoms with van der Waals surface area (Å²) < 4.78 is 5.48. The molecule has 0 aromatic heterocycles. The van der Waals surface area contributed by atoms with E-state index in [-0.39, 0.29) is 24.2 Å². The number of carbonyl (C=O) groups excluding carboxylic acids is 1. The molecular weight excluding hydrogens is 190 g/mol. The lowest BCUT2D eigenvalue weighted by atomic mass is 10.1. The molecule has 3 unspecified atom stereocenters. The first-order chi connectivity index (χ1) is 7.17. The van der Waals surface area contributed by atoms with Crippen LogP contribution in [0.4, 0.5) is 0 Å². The summed E-state index contributed by atoms with van der Waals surface area (Å²) in [5.74, 6) is 2.56. The van der Waals surface area contributed by atoms with Crippen molar-refractivity contribution in [1.82, 2.24) is 5.32 Å². The minimum atomic E-state index is -0.271. The van der Waals surface area contributed by atoms with Crippen molar-refractivity contribution in [2.75, 3.05) is 0 Å². The van der Waals surface area contributed by atoms with Crippen LogP contribution in [0.5, 0.6) is 0 Å². The SMILES string of the molecule is C#CCC(CC)NC(=O)C1CCC(C)O1. The molecule has 1 amide bonds. The van der Waals surface area contributed by atoms with Crippen molar-refractivity contribution in [3.05, 3.63) is 0 Å². The van der Waals surface area contributed by atoms with Gasteiger partial charge in [-0.05, 0) is 26.2 Å². The van der Waals surface area contributed by atoms with E-state index in [1.807, 2.05) is 13.8 Å². The topological polar surface area (TPSA) is 38.3 Å². The smallest absolute Gasteiger partial charge is 0.249 e. The van der Waals surface area contributed by atoms with E-state index >= 15 is 0 Å². The molecular formula is C12H19NO2. The summed E-state index contributed by atoms with van der Waals surface area (Å²) in [6.07, 6.45) is 8.38. The van der Waals surface area contributed by atoms with Crippen LogP contribution in [-0.2, 0) is 9.53 Å². The summed E-state index contributed by atoms with van der Waals surface area (Å²) in [5.41, 5.74) is 0. The molecule has 1 heterocycles. The quantitative estimate of drug-likeness (QED) is 0.712. The van der Waals surface area contributed by atoms with E-state index < -0.39 is 0 Å². The van der Waals surface area contributed by atoms with Crippen molar-refractivity contribution < 1.29 is 9.53 Å². The fraction of sp³-hybridized carbons (Fsp3) is 0.750. The Balaban J connectivity index is 2.37. The van der Waals surface area contributed by atoms with Gasteiger partial charge in [-0.25, -0.2) is 0 Å². The molecule has 15 heavy (non-hydrogen) atoms. The third kappa shape index (κ3) is 3.56. The van der Waals surface area contributed by atoms with E-state index in [0.717, 1.165) is 19.3 Å². The Hall–Kier alpha value is -1.01. The molecule has 1 aliphatic rings. The summed E-state index contributed by atoms with van der Waals surface area (Å²) in [4.78, 5) is 11.7. The van der Waals surface area contributed by atoms with Crippen molar-refractivity contribution in [3.8, 4) is 12.3 Å². The standard InChI is InChI=1S/C12H19NO2/c1-4-6-10(5-2)13-12(14)11-8-7-9(3)15-11/h1,9-11H,5-8H2,2-3H3,(H,13,14). The maximum Gasteiger partial charge on any atom is 0.249 e. The molecule has 0 saturated carbocycles. The van der Waals surface area contributed by atoms with Crippen LogP contribution in [-0.4, -0.2) is 24.2 Å². The van der Waals surface area contributed by atoms with Gasteiger partial charge < -0.3 is 10.1 Å². The molecule has 0 bridgehead atoms. The van der Waals surface area contributed by atoms with Crippen LogP contribution < -0.4 is 5.32 Å². The summed E-state index contributed by atoms with van der Waals surface area (Å²) in [6, 6.07) is 0.0852. The van der Waals surface area contributed by atoms with Gasteiger partial charge >= 0.3 is 0 Å². The summed E-state index contributed by atoms with van der Waals surface area (Å²) in [5, 5.41) is 2.92. The number of carbonyl (C=O) groups is 1. The third-order valence-corrected chi connectivity index (χ3v) is 2.73. The maximum atomic E-state index is 11.7. The Morgan fingerprint density at radius 3 is 2.87 bits per heavy atom. The molecule has 3 nitrogen and oxygen atoms in total. The van der Waals surface area contributed by atoms with Gasteiger partial charge in [0, 0.05) is 12.5 Å². The van der Waals surface area contributed by atoms with Crippen molar-refractivity contribution in [2.45, 2.75) is 57.8 Å². The zero-order valence-corrected chi connectivity index (χ0v) is 9.45. The number of terminal acetylenes is 1. The Kier molecular flexibility index (Phi) is 4.64. The van der Waals surface area contributed by atoms with E-state index in [2.05, 4.69) is 11.2 Å². The van der Waals surface area contributed by atoms with Crippen molar-refractivity contribution in [2.24, 2.45) is 0 Å². The molecule has 3 atom stereocenters. The molecule has 0 aliphatic carbocycles. The number of nitrogens with one attached hydrogen (secondary N) is 1. The van der Waals surface area contributed by atoms with Gasteiger partial charge in [-0.3, -0.25) is 4.79 Å². The minimum absolute atomic E-state index is 0.0125. The summed E-state index contributed by atoms with van der Waals surface area (Å²) in [6.45, 7) is 4.01. The highest BCUT2D eigenvalue weighted by atomic mass is 16.5. The third-order valence-electron chi connectivity index (χ3n) is 2.73. The first-order valence-electron chi connectivity index (χ1n) is 5.56. The molecule has 1 fully saturated rings. The molecule has 3 heteroatoms. The van der Waals surface area contributed by atoms with Crippen LogP contribution in [0.25, 0.3) is 0 Å². The van der Waals surface area contributed by atoms with Crippen molar-refractivity contribution >= 4 is 5.91 Å². The van der Waals surface area contributed by atoms with Gasteiger partial charge in [0.05, 0.1) is 6.10 Å². The maximum absolute atomic E-state index is 11.7. The number of hydrogen-bond donors (Lipinski definition) is 1. The first-order valence-corrected chi connectivity index (χ1v) is 5.56. The Labute approximate surface area is 91.6 Å². The second-order valence-electron chi connectivity index (χ2n) is 4.03. The summed E-state index contributed by atoms with van der Waals surface area (Å²) in [7, 11) is 0. The molecule has 1 aliphatic heterocycles. The normalized spacial score (nSPS) is 27.0. The van der Waals surface area contributed by atoms with Crippen LogP contribution >= 0.6 is 0 Å². The lowest BCUT2D eigenvalue weighted by molar-refractivity contribution is -0.132. The van der Waals surface area contributed by atoms with Crippen LogP contribution in [0, 0.1) is 12.3 Å². The van der Waals surface area contributed by atoms with Crippen LogP contribution in [0.3, 0.4) is 0 Å². The highest BCUT2D eigenvalue weighted by molar-refractivity contribution is 5.81. The minimum Gasteiger partial charge on any atom is -0.365 e. The Bertz CT molecular complexity index is 257. The van der Waals surface area contributed by atoms with Crippen LogP contribution in [0.2, 0.25) is 0 Å². The predicted octanol–water partition coefficient (Wildman–Crippen LogP) is 1.47. The van der Waals surface area contributed by atoms with Gasteiger partial charge in [0.25, 0.3) is 0 Å². The summed E-state index contributed by atoms with van der Waals surface area (Å²) >= 11 is 0. The van der Waals surface area contributed by atoms with E-state index in [1.165, 1.54) is 0 Å². The van der Waals surface area contributed by atoms with Gasteiger partial charge in [-0.1, -0.05) is 6.92 Å². The largest absolute Gasteiger partial charge is 0.365 e. The second-order valence-corrected chi connectivity index (χ2v) is 4.03. The molecule has 1 N–H and O–H groups in total. The average molecular weight is 209 g/mol. The monoisotopic (exact) mass is 209 g/mol. The molecule has 0 radical (unpaired) electrons. The Morgan fingerprint density at radius 2 is 2.40 bits per heavy atom. The number of rotatable bonds is 4. The van der Waals surface area contributed by atoms with Crippen LogP contribution in [0.1, 0.15) is 39.5 Å². The average Bonchev–Trinajstić information content (AvgIpc) is 2.64. The number of ether oxygens (including phenoxy) is 1. The fourth-order valence-corrected chi connectivity index (χ4v) is 1.73. The molecule has 1 saturated heterocycles. The first kappa shape index (κ1) is 12.1. The zero-order chi connectivity index (χ0) is 11.3. The van der Waals surface area contributed by atoms with E-state index in [1.54, 1.807) is 0 Å². The van der Waals surface area contributed by atoms with E-state index in [0.29, 0.717) is 6.42 Å².